The van der Waals surface area contributed by atoms with Crippen molar-refractivity contribution in [2.45, 2.75) is 25.2 Å². The number of nitrogens with one attached hydrogen (secondary N) is 1. The number of rotatable bonds is 9. The van der Waals surface area contributed by atoms with Gasteiger partial charge in [0.05, 0.1) is 6.42 Å². The maximum atomic E-state index is 11.8. The van der Waals surface area contributed by atoms with Crippen LogP contribution in [0.1, 0.15) is 30.1 Å². The molecule has 1 heterocycles. The Balaban J connectivity index is 2.44. The molecule has 1 atom stereocenters. The number of carboxylic acids is 1. The molecule has 2 N–H and O–H groups in total. The molecular formula is C13H19NO4S. The summed E-state index contributed by atoms with van der Waals surface area (Å²) in [6.07, 6.45) is 0.941. The van der Waals surface area contributed by atoms with Crippen LogP contribution in [0.15, 0.2) is 17.5 Å². The number of hydrogen-bond acceptors (Lipinski definition) is 4. The van der Waals surface area contributed by atoms with Gasteiger partial charge in [0.25, 0.3) is 0 Å². The number of carbonyl (C=O) groups excluding carboxylic acids is 1. The van der Waals surface area contributed by atoms with E-state index in [0.717, 1.165) is 11.3 Å². The minimum Gasteiger partial charge on any atom is -0.481 e. The molecule has 1 aromatic rings. The smallest absolute Gasteiger partial charge is 0.304 e. The first-order valence-electron chi connectivity index (χ1n) is 6.14. The van der Waals surface area contributed by atoms with Crippen molar-refractivity contribution in [3.63, 3.8) is 0 Å². The summed E-state index contributed by atoms with van der Waals surface area (Å²) in [6.45, 7) is 1.15. The van der Waals surface area contributed by atoms with Crippen LogP contribution in [-0.2, 0) is 14.3 Å². The van der Waals surface area contributed by atoms with Gasteiger partial charge < -0.3 is 15.2 Å². The summed E-state index contributed by atoms with van der Waals surface area (Å²) < 4.78 is 4.89. The van der Waals surface area contributed by atoms with Crippen molar-refractivity contribution < 1.29 is 19.4 Å². The van der Waals surface area contributed by atoms with E-state index >= 15 is 0 Å². The van der Waals surface area contributed by atoms with Crippen LogP contribution in [0.4, 0.5) is 0 Å². The average molecular weight is 285 g/mol. The summed E-state index contributed by atoms with van der Waals surface area (Å²) in [6, 6.07) is 3.74. The number of ether oxygens (including phenoxy) is 1. The number of hydrogen-bond donors (Lipinski definition) is 2. The Bertz CT molecular complexity index is 391. The quantitative estimate of drug-likeness (QED) is 0.679. The van der Waals surface area contributed by atoms with Crippen LogP contribution in [-0.4, -0.2) is 37.2 Å². The van der Waals surface area contributed by atoms with Gasteiger partial charge >= 0.3 is 5.97 Å². The van der Waals surface area contributed by atoms with E-state index in [-0.39, 0.29) is 24.7 Å². The van der Waals surface area contributed by atoms with E-state index in [4.69, 9.17) is 9.84 Å². The molecule has 1 aromatic heterocycles. The highest BCUT2D eigenvalue weighted by Crippen LogP contribution is 2.27. The zero-order valence-electron chi connectivity index (χ0n) is 10.9. The number of thiophene rings is 1. The fourth-order valence-electron chi connectivity index (χ4n) is 1.75. The highest BCUT2D eigenvalue weighted by molar-refractivity contribution is 7.10. The van der Waals surface area contributed by atoms with Gasteiger partial charge in [-0.3, -0.25) is 9.59 Å². The van der Waals surface area contributed by atoms with Crippen LogP contribution in [0.5, 0.6) is 0 Å². The third-order valence-electron chi connectivity index (χ3n) is 2.65. The minimum absolute atomic E-state index is 0.0218. The topological polar surface area (TPSA) is 75.6 Å². The van der Waals surface area contributed by atoms with Crippen molar-refractivity contribution in [1.82, 2.24) is 5.32 Å². The molecule has 0 unspecified atom stereocenters. The zero-order valence-corrected chi connectivity index (χ0v) is 11.7. The van der Waals surface area contributed by atoms with Gasteiger partial charge in [-0.05, 0) is 17.9 Å². The number of aliphatic carboxylic acids is 1. The molecule has 0 aromatic carbocycles. The van der Waals surface area contributed by atoms with Crippen LogP contribution in [0.3, 0.4) is 0 Å². The van der Waals surface area contributed by atoms with Gasteiger partial charge in [-0.1, -0.05) is 6.07 Å². The van der Waals surface area contributed by atoms with Gasteiger partial charge in [-0.2, -0.15) is 0 Å². The zero-order chi connectivity index (χ0) is 14.1. The summed E-state index contributed by atoms with van der Waals surface area (Å²) in [5.74, 6) is -1.25. The highest BCUT2D eigenvalue weighted by atomic mass is 32.1. The molecule has 0 fully saturated rings. The predicted octanol–water partition coefficient (Wildman–Crippen LogP) is 1.85. The van der Waals surface area contributed by atoms with Crippen molar-refractivity contribution in [3.8, 4) is 0 Å². The van der Waals surface area contributed by atoms with E-state index in [2.05, 4.69) is 5.32 Å². The van der Waals surface area contributed by atoms with Gasteiger partial charge in [-0.15, -0.1) is 11.3 Å². The van der Waals surface area contributed by atoms with E-state index < -0.39 is 5.97 Å². The maximum Gasteiger partial charge on any atom is 0.304 e. The molecule has 0 aliphatic heterocycles. The lowest BCUT2D eigenvalue weighted by molar-refractivity contribution is -0.137. The monoisotopic (exact) mass is 285 g/mol. The van der Waals surface area contributed by atoms with Crippen LogP contribution in [0.2, 0.25) is 0 Å². The predicted molar refractivity (Wildman–Crippen MR) is 73.4 cm³/mol. The van der Waals surface area contributed by atoms with Crippen LogP contribution < -0.4 is 5.32 Å². The summed E-state index contributed by atoms with van der Waals surface area (Å²) in [5.41, 5.74) is 0. The van der Waals surface area contributed by atoms with Crippen molar-refractivity contribution in [1.29, 1.82) is 0 Å². The Morgan fingerprint density at radius 2 is 2.26 bits per heavy atom. The first-order chi connectivity index (χ1) is 9.13. The molecule has 0 radical (unpaired) electrons. The van der Waals surface area contributed by atoms with Gasteiger partial charge in [0.1, 0.15) is 0 Å². The lowest BCUT2D eigenvalue weighted by atomic mass is 9.99. The maximum absolute atomic E-state index is 11.8. The third kappa shape index (κ3) is 6.35. The van der Waals surface area contributed by atoms with E-state index in [1.165, 1.54) is 11.3 Å². The molecule has 1 rings (SSSR count). The Kier molecular flexibility index (Phi) is 7.14. The lowest BCUT2D eigenvalue weighted by Crippen LogP contribution is -2.27. The fourth-order valence-corrected chi connectivity index (χ4v) is 2.58. The van der Waals surface area contributed by atoms with Gasteiger partial charge in [0.15, 0.2) is 0 Å². The Hall–Kier alpha value is -1.40. The Morgan fingerprint density at radius 1 is 1.47 bits per heavy atom. The molecule has 0 saturated carbocycles. The van der Waals surface area contributed by atoms with Gasteiger partial charge in [0, 0.05) is 37.5 Å². The standard InChI is InChI=1S/C13H19NO4S/c1-18-6-3-5-14-12(15)8-10(9-13(16)17)11-4-2-7-19-11/h2,4,7,10H,3,5-6,8-9H2,1H3,(H,14,15)(H,16,17)/t10-/m1/s1. The molecule has 0 aliphatic rings. The first kappa shape index (κ1) is 15.7. The van der Waals surface area contributed by atoms with E-state index in [1.807, 2.05) is 17.5 Å². The first-order valence-corrected chi connectivity index (χ1v) is 7.02. The largest absolute Gasteiger partial charge is 0.481 e. The molecular weight excluding hydrogens is 266 g/mol. The third-order valence-corrected chi connectivity index (χ3v) is 3.68. The molecule has 1 amide bonds. The molecule has 5 nitrogen and oxygen atoms in total. The summed E-state index contributed by atoms with van der Waals surface area (Å²) in [5, 5.41) is 13.6. The molecule has 6 heteroatoms. The van der Waals surface area contributed by atoms with E-state index in [1.54, 1.807) is 7.11 Å². The summed E-state index contributed by atoms with van der Waals surface area (Å²) >= 11 is 1.48. The fraction of sp³-hybridized carbons (Fsp3) is 0.538. The number of carbonyl (C=O) groups is 2. The number of methoxy groups -OCH3 is 1. The summed E-state index contributed by atoms with van der Waals surface area (Å²) in [7, 11) is 1.61. The molecule has 0 spiro atoms. The van der Waals surface area contributed by atoms with Crippen LogP contribution >= 0.6 is 11.3 Å². The van der Waals surface area contributed by atoms with Gasteiger partial charge in [-0.25, -0.2) is 0 Å². The Morgan fingerprint density at radius 3 is 2.84 bits per heavy atom. The molecule has 0 saturated heterocycles. The second kappa shape index (κ2) is 8.66. The lowest BCUT2D eigenvalue weighted by Gasteiger charge is -2.13. The molecule has 0 bridgehead atoms. The minimum atomic E-state index is -0.884. The highest BCUT2D eigenvalue weighted by Gasteiger charge is 2.19. The van der Waals surface area contributed by atoms with Crippen molar-refractivity contribution in [2.75, 3.05) is 20.3 Å². The van der Waals surface area contributed by atoms with E-state index in [0.29, 0.717) is 13.2 Å². The second-order valence-electron chi connectivity index (χ2n) is 4.21. The average Bonchev–Trinajstić information content (AvgIpc) is 2.87. The van der Waals surface area contributed by atoms with Crippen molar-refractivity contribution in [2.24, 2.45) is 0 Å². The number of carboxylic acid groups (broad SMARTS) is 1. The van der Waals surface area contributed by atoms with E-state index in [9.17, 15) is 9.59 Å². The molecule has 19 heavy (non-hydrogen) atoms. The van der Waals surface area contributed by atoms with Crippen LogP contribution in [0.25, 0.3) is 0 Å². The SMILES string of the molecule is COCCCNC(=O)C[C@H](CC(=O)O)c1cccs1. The number of amides is 1. The summed E-state index contributed by atoms with van der Waals surface area (Å²) in [4.78, 5) is 23.5. The van der Waals surface area contributed by atoms with Crippen molar-refractivity contribution in [3.05, 3.63) is 22.4 Å². The molecule has 106 valence electrons. The van der Waals surface area contributed by atoms with Crippen LogP contribution in [0, 0.1) is 0 Å². The van der Waals surface area contributed by atoms with Crippen molar-refractivity contribution >= 4 is 23.2 Å². The second-order valence-corrected chi connectivity index (χ2v) is 5.19. The normalized spacial score (nSPS) is 12.1. The van der Waals surface area contributed by atoms with Gasteiger partial charge in [0.2, 0.25) is 5.91 Å². The molecule has 0 aliphatic carbocycles. The Labute approximate surface area is 116 Å².